The van der Waals surface area contributed by atoms with Gasteiger partial charge in [-0.3, -0.25) is 9.69 Å². The second-order valence-electron chi connectivity index (χ2n) is 10.6. The number of likely N-dealkylation sites (N-methyl/N-ethyl adjacent to an activating group) is 1. The average Bonchev–Trinajstić information content (AvgIpc) is 3.30. The van der Waals surface area contributed by atoms with Crippen LogP contribution >= 0.6 is 0 Å². The van der Waals surface area contributed by atoms with E-state index in [1.165, 1.54) is 0 Å². The van der Waals surface area contributed by atoms with Gasteiger partial charge in [0, 0.05) is 44.3 Å². The van der Waals surface area contributed by atoms with E-state index in [9.17, 15) is 13.2 Å². The van der Waals surface area contributed by atoms with E-state index >= 15 is 0 Å². The summed E-state index contributed by atoms with van der Waals surface area (Å²) >= 11 is 0. The normalized spacial score (nSPS) is 24.0. The summed E-state index contributed by atoms with van der Waals surface area (Å²) in [5.41, 5.74) is 1.18. The molecule has 0 aliphatic carbocycles. The van der Waals surface area contributed by atoms with Crippen molar-refractivity contribution in [2.24, 2.45) is 11.8 Å². The van der Waals surface area contributed by atoms with Crippen LogP contribution in [0.5, 0.6) is 0 Å². The van der Waals surface area contributed by atoms with Gasteiger partial charge in [0.25, 0.3) is 5.91 Å². The number of carbonyl (C=O) groups excluding carboxylic acids is 1. The van der Waals surface area contributed by atoms with E-state index in [-0.39, 0.29) is 5.91 Å². The van der Waals surface area contributed by atoms with Crippen molar-refractivity contribution in [3.63, 3.8) is 0 Å². The lowest BCUT2D eigenvalue weighted by Gasteiger charge is -2.35. The summed E-state index contributed by atoms with van der Waals surface area (Å²) < 4.78 is 29.2. The molecule has 3 aliphatic heterocycles. The maximum Gasteiger partial charge on any atom is 0.251 e. The molecule has 1 amide bonds. The summed E-state index contributed by atoms with van der Waals surface area (Å²) in [5.74, 6) is 1.01. The molecule has 3 fully saturated rings. The minimum absolute atomic E-state index is 0.189. The molecule has 190 valence electrons. The van der Waals surface area contributed by atoms with Gasteiger partial charge in [-0.05, 0) is 81.6 Å². The highest BCUT2D eigenvalue weighted by molar-refractivity contribution is 7.89. The topological polar surface area (TPSA) is 73.0 Å². The minimum atomic E-state index is -3.67. The van der Waals surface area contributed by atoms with Gasteiger partial charge in [0.15, 0.2) is 0 Å². The van der Waals surface area contributed by atoms with Crippen molar-refractivity contribution in [2.75, 3.05) is 50.7 Å². The van der Waals surface area contributed by atoms with Gasteiger partial charge in [-0.1, -0.05) is 20.8 Å². The number of hydrogen-bond donors (Lipinski definition) is 1. The van der Waals surface area contributed by atoms with Gasteiger partial charge in [0.1, 0.15) is 4.90 Å². The Bertz CT molecular complexity index is 951. The van der Waals surface area contributed by atoms with Crippen molar-refractivity contribution in [3.8, 4) is 0 Å². The first-order valence-electron chi connectivity index (χ1n) is 13.2. The van der Waals surface area contributed by atoms with E-state index in [4.69, 9.17) is 0 Å². The van der Waals surface area contributed by atoms with E-state index < -0.39 is 10.0 Å². The molecule has 7 nitrogen and oxygen atoms in total. The molecule has 1 aromatic carbocycles. The van der Waals surface area contributed by atoms with Crippen molar-refractivity contribution in [2.45, 2.75) is 70.2 Å². The Morgan fingerprint density at radius 2 is 1.62 bits per heavy atom. The molecule has 1 N–H and O–H groups in total. The number of amides is 1. The highest BCUT2D eigenvalue weighted by Crippen LogP contribution is 2.33. The highest BCUT2D eigenvalue weighted by atomic mass is 32.2. The average molecular weight is 491 g/mol. The minimum Gasteiger partial charge on any atom is -0.370 e. The van der Waals surface area contributed by atoms with Gasteiger partial charge < -0.3 is 10.2 Å². The van der Waals surface area contributed by atoms with Crippen LogP contribution in [-0.4, -0.2) is 75.4 Å². The van der Waals surface area contributed by atoms with Crippen LogP contribution in [0.15, 0.2) is 23.1 Å². The summed E-state index contributed by atoms with van der Waals surface area (Å²) in [7, 11) is -3.67. The zero-order chi connectivity index (χ0) is 24.3. The molecule has 1 aromatic rings. The molecular formula is C26H42N4O3S. The Morgan fingerprint density at radius 3 is 2.26 bits per heavy atom. The van der Waals surface area contributed by atoms with Gasteiger partial charge in [-0.25, -0.2) is 8.42 Å². The lowest BCUT2D eigenvalue weighted by atomic mass is 9.98. The van der Waals surface area contributed by atoms with Crippen LogP contribution in [0, 0.1) is 11.8 Å². The molecule has 0 aromatic heterocycles. The highest BCUT2D eigenvalue weighted by Gasteiger charge is 2.33. The van der Waals surface area contributed by atoms with Crippen LogP contribution < -0.4 is 10.2 Å². The molecule has 3 aliphatic rings. The number of rotatable bonds is 7. The van der Waals surface area contributed by atoms with Crippen molar-refractivity contribution >= 4 is 21.6 Å². The molecule has 0 radical (unpaired) electrons. The molecule has 34 heavy (non-hydrogen) atoms. The van der Waals surface area contributed by atoms with Gasteiger partial charge in [0.05, 0.1) is 5.69 Å². The van der Waals surface area contributed by atoms with E-state index in [1.54, 1.807) is 16.4 Å². The third-order valence-electron chi connectivity index (χ3n) is 8.11. The number of carbonyl (C=O) groups is 1. The van der Waals surface area contributed by atoms with Crippen LogP contribution in [0.3, 0.4) is 0 Å². The Kier molecular flexibility index (Phi) is 8.20. The number of hydrogen-bond acceptors (Lipinski definition) is 5. The number of piperidine rings is 2. The van der Waals surface area contributed by atoms with Crippen molar-refractivity contribution < 1.29 is 13.2 Å². The molecule has 3 heterocycles. The fourth-order valence-corrected chi connectivity index (χ4v) is 7.30. The third kappa shape index (κ3) is 5.60. The Labute approximate surface area is 205 Å². The quantitative estimate of drug-likeness (QED) is 0.633. The molecule has 4 rings (SSSR count). The van der Waals surface area contributed by atoms with E-state index in [0.717, 1.165) is 70.4 Å². The maximum absolute atomic E-state index is 13.8. The SMILES string of the molecule is CCN1CCC[C@@H]1CNC(=O)c1ccc(N2CCC(C)CC2)c(S(=O)(=O)N2CCC(C)CC2)c1. The monoisotopic (exact) mass is 490 g/mol. The van der Waals surface area contributed by atoms with Crippen molar-refractivity contribution in [1.29, 1.82) is 0 Å². The van der Waals surface area contributed by atoms with E-state index in [0.29, 0.717) is 48.0 Å². The van der Waals surface area contributed by atoms with Crippen LogP contribution in [0.1, 0.15) is 69.7 Å². The fourth-order valence-electron chi connectivity index (χ4n) is 5.59. The predicted octanol–water partition coefficient (Wildman–Crippen LogP) is 3.56. The summed E-state index contributed by atoms with van der Waals surface area (Å²) in [6.07, 6.45) is 6.12. The number of nitrogens with zero attached hydrogens (tertiary/aromatic N) is 3. The summed E-state index contributed by atoms with van der Waals surface area (Å²) in [6, 6.07) is 5.65. The standard InChI is InChI=1S/C26H42N4O3S/c1-4-28-13-5-6-23(28)19-27-26(31)22-7-8-24(29-14-9-20(2)10-15-29)25(18-22)34(32,33)30-16-11-21(3)12-17-30/h7-8,18,20-21,23H,4-6,9-17,19H2,1-3H3,(H,27,31)/t23-/m1/s1. The Hall–Kier alpha value is -1.64. The molecular weight excluding hydrogens is 448 g/mol. The zero-order valence-corrected chi connectivity index (χ0v) is 21.9. The molecule has 0 spiro atoms. The first-order valence-corrected chi connectivity index (χ1v) is 14.6. The maximum atomic E-state index is 13.8. The number of benzene rings is 1. The number of likely N-dealkylation sites (tertiary alicyclic amines) is 1. The fraction of sp³-hybridized carbons (Fsp3) is 0.731. The van der Waals surface area contributed by atoms with Crippen molar-refractivity contribution in [3.05, 3.63) is 23.8 Å². The van der Waals surface area contributed by atoms with Gasteiger partial charge in [-0.2, -0.15) is 4.31 Å². The van der Waals surface area contributed by atoms with Gasteiger partial charge >= 0.3 is 0 Å². The van der Waals surface area contributed by atoms with Crippen LogP contribution in [0.2, 0.25) is 0 Å². The smallest absolute Gasteiger partial charge is 0.251 e. The molecule has 3 saturated heterocycles. The predicted molar refractivity (Wildman–Crippen MR) is 137 cm³/mol. The van der Waals surface area contributed by atoms with Crippen LogP contribution in [-0.2, 0) is 10.0 Å². The van der Waals surface area contributed by atoms with Gasteiger partial charge in [-0.15, -0.1) is 0 Å². The second-order valence-corrected chi connectivity index (χ2v) is 12.5. The van der Waals surface area contributed by atoms with Crippen LogP contribution in [0.25, 0.3) is 0 Å². The zero-order valence-electron chi connectivity index (χ0n) is 21.1. The summed E-state index contributed by atoms with van der Waals surface area (Å²) in [6.45, 7) is 12.0. The largest absolute Gasteiger partial charge is 0.370 e. The van der Waals surface area contributed by atoms with E-state index in [2.05, 4.69) is 35.9 Å². The number of nitrogens with one attached hydrogen (secondary N) is 1. The van der Waals surface area contributed by atoms with E-state index in [1.807, 2.05) is 6.07 Å². The first-order chi connectivity index (χ1) is 16.3. The first kappa shape index (κ1) is 25.5. The summed E-state index contributed by atoms with van der Waals surface area (Å²) in [5, 5.41) is 3.07. The lowest BCUT2D eigenvalue weighted by Crippen LogP contribution is -2.41. The van der Waals surface area contributed by atoms with Gasteiger partial charge in [0.2, 0.25) is 10.0 Å². The molecule has 8 heteroatoms. The molecule has 0 unspecified atom stereocenters. The number of sulfonamides is 1. The second kappa shape index (κ2) is 11.0. The lowest BCUT2D eigenvalue weighted by molar-refractivity contribution is 0.0941. The summed E-state index contributed by atoms with van der Waals surface area (Å²) in [4.78, 5) is 18.0. The third-order valence-corrected chi connectivity index (χ3v) is 10.0. The molecule has 1 atom stereocenters. The van der Waals surface area contributed by atoms with Crippen molar-refractivity contribution in [1.82, 2.24) is 14.5 Å². The van der Waals surface area contributed by atoms with Crippen LogP contribution in [0.4, 0.5) is 5.69 Å². The Balaban J connectivity index is 1.58. The molecule has 0 saturated carbocycles. The number of anilines is 1. The molecule has 0 bridgehead atoms. The Morgan fingerprint density at radius 1 is 0.971 bits per heavy atom.